The number of fused-ring (bicyclic) bond motifs is 1. The Hall–Kier alpha value is -2.33. The average Bonchev–Trinajstić information content (AvgIpc) is 2.73. The van der Waals surface area contributed by atoms with Gasteiger partial charge in [0.2, 0.25) is 5.91 Å². The van der Waals surface area contributed by atoms with Gasteiger partial charge in [0.25, 0.3) is 5.91 Å². The fourth-order valence-corrected chi connectivity index (χ4v) is 4.21. The first-order chi connectivity index (χ1) is 15.0. The first-order valence-electron chi connectivity index (χ1n) is 11.4. The zero-order chi connectivity index (χ0) is 22.2. The molecule has 0 spiro atoms. The number of nitrogens with zero attached hydrogens (tertiary/aromatic N) is 2. The Balaban J connectivity index is 1.93. The third-order valence-electron chi connectivity index (χ3n) is 5.72. The van der Waals surface area contributed by atoms with E-state index < -0.39 is 0 Å². The first-order valence-corrected chi connectivity index (χ1v) is 11.8. The number of halogens is 1. The molecule has 166 valence electrons. The normalized spacial score (nSPS) is 15.7. The summed E-state index contributed by atoms with van der Waals surface area (Å²) in [4.78, 5) is 30.2. The maximum Gasteiger partial charge on any atom is 0.254 e. The quantitative estimate of drug-likeness (QED) is 0.559. The number of hydrogen-bond acceptors (Lipinski definition) is 2. The molecular formula is C26H33ClN2O2. The Kier molecular flexibility index (Phi) is 8.53. The van der Waals surface area contributed by atoms with Gasteiger partial charge < -0.3 is 9.80 Å². The lowest BCUT2D eigenvalue weighted by Crippen LogP contribution is -2.36. The number of para-hydroxylation sites is 1. The van der Waals surface area contributed by atoms with Crippen molar-refractivity contribution < 1.29 is 9.59 Å². The minimum absolute atomic E-state index is 0.00332. The van der Waals surface area contributed by atoms with Gasteiger partial charge in [0.05, 0.1) is 0 Å². The van der Waals surface area contributed by atoms with Crippen LogP contribution < -0.4 is 4.90 Å². The number of amides is 2. The molecule has 0 atom stereocenters. The zero-order valence-electron chi connectivity index (χ0n) is 18.6. The van der Waals surface area contributed by atoms with Crippen molar-refractivity contribution in [3.05, 3.63) is 64.7 Å². The fourth-order valence-electron chi connectivity index (χ4n) is 4.08. The summed E-state index contributed by atoms with van der Waals surface area (Å²) in [6, 6.07) is 15.1. The molecule has 0 aliphatic carbocycles. The van der Waals surface area contributed by atoms with Crippen LogP contribution in [0.3, 0.4) is 0 Å². The topological polar surface area (TPSA) is 40.6 Å². The van der Waals surface area contributed by atoms with Gasteiger partial charge in [0.1, 0.15) is 0 Å². The van der Waals surface area contributed by atoms with Crippen molar-refractivity contribution in [2.45, 2.75) is 58.9 Å². The van der Waals surface area contributed by atoms with Crippen LogP contribution in [0.2, 0.25) is 5.02 Å². The number of anilines is 1. The van der Waals surface area contributed by atoms with E-state index in [2.05, 4.69) is 13.8 Å². The molecule has 0 N–H and O–H groups in total. The Morgan fingerprint density at radius 1 is 0.903 bits per heavy atom. The maximum absolute atomic E-state index is 13.3. The molecule has 4 nitrogen and oxygen atoms in total. The van der Waals surface area contributed by atoms with E-state index in [1.165, 1.54) is 0 Å². The van der Waals surface area contributed by atoms with Crippen molar-refractivity contribution in [2.24, 2.45) is 5.92 Å². The fraction of sp³-hybridized carbons (Fsp3) is 0.462. The van der Waals surface area contributed by atoms with E-state index in [1.807, 2.05) is 34.1 Å². The summed E-state index contributed by atoms with van der Waals surface area (Å²) >= 11 is 6.01. The highest BCUT2D eigenvalue weighted by atomic mass is 35.5. The monoisotopic (exact) mass is 440 g/mol. The Morgan fingerprint density at radius 3 is 2.26 bits per heavy atom. The highest BCUT2D eigenvalue weighted by Crippen LogP contribution is 2.26. The zero-order valence-corrected chi connectivity index (χ0v) is 19.4. The van der Waals surface area contributed by atoms with Gasteiger partial charge in [0.15, 0.2) is 0 Å². The summed E-state index contributed by atoms with van der Waals surface area (Å²) in [5, 5.41) is 0.620. The van der Waals surface area contributed by atoms with Gasteiger partial charge in [-0.25, -0.2) is 0 Å². The van der Waals surface area contributed by atoms with Gasteiger partial charge in [-0.2, -0.15) is 0 Å². The third kappa shape index (κ3) is 6.57. The molecule has 2 amide bonds. The SMILES string of the molecule is CC(C)CC(=O)N1CCCCCCCN(C(=O)c2ccc(Cl)cc2)Cc2ccccc21. The molecule has 0 radical (unpaired) electrons. The number of rotatable bonds is 3. The van der Waals surface area contributed by atoms with Crippen LogP contribution in [-0.4, -0.2) is 29.8 Å². The van der Waals surface area contributed by atoms with Crippen molar-refractivity contribution in [3.63, 3.8) is 0 Å². The summed E-state index contributed by atoms with van der Waals surface area (Å²) in [5.41, 5.74) is 2.59. The van der Waals surface area contributed by atoms with Gasteiger partial charge >= 0.3 is 0 Å². The molecule has 0 fully saturated rings. The van der Waals surface area contributed by atoms with Gasteiger partial charge in [0, 0.05) is 42.3 Å². The molecule has 2 aromatic rings. The molecule has 1 aliphatic rings. The Morgan fingerprint density at radius 2 is 1.55 bits per heavy atom. The Bertz CT molecular complexity index is 879. The van der Waals surface area contributed by atoms with E-state index in [0.29, 0.717) is 36.0 Å². The van der Waals surface area contributed by atoms with E-state index in [1.54, 1.807) is 24.3 Å². The molecule has 0 unspecified atom stereocenters. The predicted molar refractivity (Wildman–Crippen MR) is 128 cm³/mol. The second-order valence-electron chi connectivity index (χ2n) is 8.77. The molecule has 0 saturated carbocycles. The Labute approximate surface area is 191 Å². The molecule has 1 heterocycles. The molecule has 0 aromatic heterocycles. The van der Waals surface area contributed by atoms with Crippen LogP contribution in [-0.2, 0) is 11.3 Å². The number of carbonyl (C=O) groups is 2. The molecule has 2 aromatic carbocycles. The second-order valence-corrected chi connectivity index (χ2v) is 9.21. The van der Waals surface area contributed by atoms with Crippen LogP contribution in [0.1, 0.15) is 68.3 Å². The molecule has 0 saturated heterocycles. The first kappa shape index (κ1) is 23.3. The lowest BCUT2D eigenvalue weighted by atomic mass is 10.0. The van der Waals surface area contributed by atoms with Crippen LogP contribution in [0.4, 0.5) is 5.69 Å². The molecule has 0 bridgehead atoms. The predicted octanol–water partition coefficient (Wildman–Crippen LogP) is 6.33. The summed E-state index contributed by atoms with van der Waals surface area (Å²) in [5.74, 6) is 0.475. The van der Waals surface area contributed by atoms with Gasteiger partial charge in [-0.15, -0.1) is 0 Å². The smallest absolute Gasteiger partial charge is 0.254 e. The van der Waals surface area contributed by atoms with E-state index in [0.717, 1.165) is 49.9 Å². The van der Waals surface area contributed by atoms with Gasteiger partial charge in [-0.05, 0) is 54.7 Å². The summed E-state index contributed by atoms with van der Waals surface area (Å²) in [6.07, 6.45) is 5.83. The summed E-state index contributed by atoms with van der Waals surface area (Å²) in [7, 11) is 0. The minimum atomic E-state index is 0.00332. The van der Waals surface area contributed by atoms with E-state index in [4.69, 9.17) is 11.6 Å². The number of hydrogen-bond donors (Lipinski definition) is 0. The second kappa shape index (κ2) is 11.3. The van der Waals surface area contributed by atoms with Crippen molar-refractivity contribution in [3.8, 4) is 0 Å². The van der Waals surface area contributed by atoms with E-state index >= 15 is 0 Å². The van der Waals surface area contributed by atoms with Crippen LogP contribution in [0.25, 0.3) is 0 Å². The van der Waals surface area contributed by atoms with Gasteiger partial charge in [-0.3, -0.25) is 9.59 Å². The van der Waals surface area contributed by atoms with Crippen molar-refractivity contribution in [1.29, 1.82) is 0 Å². The average molecular weight is 441 g/mol. The van der Waals surface area contributed by atoms with Crippen LogP contribution >= 0.6 is 11.6 Å². The number of benzene rings is 2. The van der Waals surface area contributed by atoms with Crippen LogP contribution in [0.15, 0.2) is 48.5 Å². The number of carbonyl (C=O) groups excluding carboxylic acids is 2. The highest BCUT2D eigenvalue weighted by molar-refractivity contribution is 6.30. The molecule has 3 rings (SSSR count). The van der Waals surface area contributed by atoms with Crippen molar-refractivity contribution in [1.82, 2.24) is 4.90 Å². The van der Waals surface area contributed by atoms with Gasteiger partial charge in [-0.1, -0.05) is 62.9 Å². The largest absolute Gasteiger partial charge is 0.334 e. The molecule has 1 aliphatic heterocycles. The molecular weight excluding hydrogens is 408 g/mol. The summed E-state index contributed by atoms with van der Waals surface area (Å²) in [6.45, 7) is 6.08. The van der Waals surface area contributed by atoms with E-state index in [9.17, 15) is 9.59 Å². The summed E-state index contributed by atoms with van der Waals surface area (Å²) < 4.78 is 0. The third-order valence-corrected chi connectivity index (χ3v) is 5.97. The standard InChI is InChI=1S/C26H33ClN2O2/c1-20(2)18-25(30)29-17-9-5-3-4-8-16-28(19-22-10-6-7-11-24(22)29)26(31)21-12-14-23(27)15-13-21/h6-7,10-15,20H,3-5,8-9,16-19H2,1-2H3. The van der Waals surface area contributed by atoms with E-state index in [-0.39, 0.29) is 11.8 Å². The molecule has 31 heavy (non-hydrogen) atoms. The van der Waals surface area contributed by atoms with Crippen molar-refractivity contribution >= 4 is 29.1 Å². The van der Waals surface area contributed by atoms with Crippen LogP contribution in [0.5, 0.6) is 0 Å². The lowest BCUT2D eigenvalue weighted by molar-refractivity contribution is -0.119. The minimum Gasteiger partial charge on any atom is -0.334 e. The van der Waals surface area contributed by atoms with Crippen LogP contribution in [0, 0.1) is 5.92 Å². The molecule has 5 heteroatoms. The van der Waals surface area contributed by atoms with Crippen molar-refractivity contribution in [2.75, 3.05) is 18.0 Å². The lowest BCUT2D eigenvalue weighted by Gasteiger charge is -2.30. The maximum atomic E-state index is 13.3. The highest BCUT2D eigenvalue weighted by Gasteiger charge is 2.23.